The van der Waals surface area contributed by atoms with Crippen molar-refractivity contribution < 1.29 is 13.5 Å². The second kappa shape index (κ2) is 5.22. The summed E-state index contributed by atoms with van der Waals surface area (Å²) >= 11 is 0. The van der Waals surface area contributed by atoms with Gasteiger partial charge in [-0.05, 0) is 38.1 Å². The molecule has 0 amide bonds. The van der Waals surface area contributed by atoms with Gasteiger partial charge in [0.2, 0.25) is 10.0 Å². The fourth-order valence-electron chi connectivity index (χ4n) is 2.65. The van der Waals surface area contributed by atoms with Gasteiger partial charge in [-0.15, -0.1) is 0 Å². The quantitative estimate of drug-likeness (QED) is 0.734. The lowest BCUT2D eigenvalue weighted by Crippen LogP contribution is -2.47. The summed E-state index contributed by atoms with van der Waals surface area (Å²) in [6.45, 7) is 2.04. The number of rotatable bonds is 4. The number of aliphatic hydroxyl groups is 1. The first-order chi connectivity index (χ1) is 8.00. The van der Waals surface area contributed by atoms with Crippen LogP contribution >= 0.6 is 0 Å². The fraction of sp³-hybridized carbons (Fsp3) is 1.00. The van der Waals surface area contributed by atoms with Gasteiger partial charge in [-0.3, -0.25) is 0 Å². The number of sulfonamides is 1. The standard InChI is InChI=1S/C11H22N2O3S/c1-13(8-9-5-10(14)6-9)17(15,16)11-3-2-4-12-7-11/h9-12,14H,2-8H2,1H3. The summed E-state index contributed by atoms with van der Waals surface area (Å²) in [6.07, 6.45) is 2.95. The summed E-state index contributed by atoms with van der Waals surface area (Å²) in [4.78, 5) is 0. The van der Waals surface area contributed by atoms with Crippen molar-refractivity contribution in [1.82, 2.24) is 9.62 Å². The maximum Gasteiger partial charge on any atom is 0.217 e. The molecule has 0 radical (unpaired) electrons. The minimum Gasteiger partial charge on any atom is -0.393 e. The number of hydrogen-bond donors (Lipinski definition) is 2. The lowest BCUT2D eigenvalue weighted by molar-refractivity contribution is 0.0366. The Kier molecular flexibility index (Phi) is 4.07. The molecular formula is C11H22N2O3S. The normalized spacial score (nSPS) is 34.6. The molecule has 100 valence electrons. The van der Waals surface area contributed by atoms with Crippen LogP contribution in [0.3, 0.4) is 0 Å². The third-order valence-electron chi connectivity index (χ3n) is 3.83. The van der Waals surface area contributed by atoms with E-state index in [2.05, 4.69) is 5.32 Å². The Hall–Kier alpha value is -0.170. The van der Waals surface area contributed by atoms with Crippen LogP contribution in [0.2, 0.25) is 0 Å². The van der Waals surface area contributed by atoms with E-state index in [0.29, 0.717) is 19.0 Å². The monoisotopic (exact) mass is 262 g/mol. The zero-order valence-electron chi connectivity index (χ0n) is 10.3. The van der Waals surface area contributed by atoms with E-state index in [1.807, 2.05) is 0 Å². The van der Waals surface area contributed by atoms with Crippen LogP contribution in [0, 0.1) is 5.92 Å². The molecule has 1 atom stereocenters. The van der Waals surface area contributed by atoms with Crippen molar-refractivity contribution in [2.45, 2.75) is 37.0 Å². The van der Waals surface area contributed by atoms with E-state index >= 15 is 0 Å². The zero-order chi connectivity index (χ0) is 12.5. The van der Waals surface area contributed by atoms with Crippen LogP contribution in [0.25, 0.3) is 0 Å². The van der Waals surface area contributed by atoms with E-state index in [-0.39, 0.29) is 11.4 Å². The fourth-order valence-corrected chi connectivity index (χ4v) is 4.37. The SMILES string of the molecule is CN(CC1CC(O)C1)S(=O)(=O)C1CCCNC1. The van der Waals surface area contributed by atoms with Gasteiger partial charge in [0.1, 0.15) is 0 Å². The highest BCUT2D eigenvalue weighted by Crippen LogP contribution is 2.29. The molecule has 2 rings (SSSR count). The minimum atomic E-state index is -3.16. The van der Waals surface area contributed by atoms with Gasteiger partial charge in [0.15, 0.2) is 0 Å². The van der Waals surface area contributed by atoms with Crippen LogP contribution in [0.5, 0.6) is 0 Å². The number of hydrogen-bond acceptors (Lipinski definition) is 4. The third kappa shape index (κ3) is 2.99. The molecule has 1 heterocycles. The lowest BCUT2D eigenvalue weighted by atomic mass is 9.82. The van der Waals surface area contributed by atoms with Crippen molar-refractivity contribution in [3.63, 3.8) is 0 Å². The molecule has 1 saturated carbocycles. The Balaban J connectivity index is 1.89. The average Bonchev–Trinajstić information content (AvgIpc) is 2.28. The van der Waals surface area contributed by atoms with Gasteiger partial charge in [-0.2, -0.15) is 0 Å². The van der Waals surface area contributed by atoms with E-state index in [1.54, 1.807) is 7.05 Å². The largest absolute Gasteiger partial charge is 0.393 e. The number of piperidine rings is 1. The first kappa shape index (κ1) is 13.3. The second-order valence-electron chi connectivity index (χ2n) is 5.29. The Labute approximate surface area is 103 Å². The van der Waals surface area contributed by atoms with Crippen LogP contribution in [0.15, 0.2) is 0 Å². The molecule has 2 fully saturated rings. The van der Waals surface area contributed by atoms with Gasteiger partial charge in [0.05, 0.1) is 11.4 Å². The van der Waals surface area contributed by atoms with Crippen molar-refractivity contribution in [2.24, 2.45) is 5.92 Å². The maximum absolute atomic E-state index is 12.3. The average molecular weight is 262 g/mol. The van der Waals surface area contributed by atoms with E-state index in [9.17, 15) is 13.5 Å². The van der Waals surface area contributed by atoms with E-state index in [4.69, 9.17) is 0 Å². The molecule has 2 aliphatic rings. The molecule has 1 saturated heterocycles. The number of nitrogens with zero attached hydrogens (tertiary/aromatic N) is 1. The highest BCUT2D eigenvalue weighted by Gasteiger charge is 2.35. The van der Waals surface area contributed by atoms with Crippen LogP contribution in [0.4, 0.5) is 0 Å². The molecule has 17 heavy (non-hydrogen) atoms. The molecule has 1 aliphatic heterocycles. The molecule has 0 aromatic rings. The zero-order valence-corrected chi connectivity index (χ0v) is 11.1. The summed E-state index contributed by atoms with van der Waals surface area (Å²) in [5, 5.41) is 12.1. The summed E-state index contributed by atoms with van der Waals surface area (Å²) in [5.74, 6) is 0.335. The van der Waals surface area contributed by atoms with Crippen LogP contribution < -0.4 is 5.32 Å². The molecule has 6 heteroatoms. The molecule has 5 nitrogen and oxygen atoms in total. The summed E-state index contributed by atoms with van der Waals surface area (Å²) in [5.41, 5.74) is 0. The van der Waals surface area contributed by atoms with E-state index in [0.717, 1.165) is 32.2 Å². The van der Waals surface area contributed by atoms with Gasteiger partial charge in [-0.25, -0.2) is 12.7 Å². The van der Waals surface area contributed by atoms with Crippen LogP contribution in [-0.4, -0.2) is 55.9 Å². The van der Waals surface area contributed by atoms with E-state index in [1.165, 1.54) is 4.31 Å². The van der Waals surface area contributed by atoms with E-state index < -0.39 is 10.0 Å². The summed E-state index contributed by atoms with van der Waals surface area (Å²) in [6, 6.07) is 0. The molecule has 0 spiro atoms. The van der Waals surface area contributed by atoms with Crippen LogP contribution in [-0.2, 0) is 10.0 Å². The second-order valence-corrected chi connectivity index (χ2v) is 7.61. The molecule has 0 aromatic carbocycles. The maximum atomic E-state index is 12.3. The Morgan fingerprint density at radius 1 is 1.41 bits per heavy atom. The van der Waals surface area contributed by atoms with Crippen molar-refractivity contribution in [1.29, 1.82) is 0 Å². The summed E-state index contributed by atoms with van der Waals surface area (Å²) in [7, 11) is -1.50. The lowest BCUT2D eigenvalue weighted by Gasteiger charge is -2.35. The number of nitrogens with one attached hydrogen (secondary N) is 1. The highest BCUT2D eigenvalue weighted by atomic mass is 32.2. The van der Waals surface area contributed by atoms with Gasteiger partial charge >= 0.3 is 0 Å². The van der Waals surface area contributed by atoms with Crippen molar-refractivity contribution in [3.8, 4) is 0 Å². The molecule has 0 bridgehead atoms. The minimum absolute atomic E-state index is 0.215. The molecule has 1 unspecified atom stereocenters. The third-order valence-corrected chi connectivity index (χ3v) is 6.10. The highest BCUT2D eigenvalue weighted by molar-refractivity contribution is 7.89. The predicted octanol–water partition coefficient (Wildman–Crippen LogP) is -0.229. The molecular weight excluding hydrogens is 240 g/mol. The Morgan fingerprint density at radius 3 is 2.65 bits per heavy atom. The van der Waals surface area contributed by atoms with Gasteiger partial charge in [-0.1, -0.05) is 0 Å². The van der Waals surface area contributed by atoms with Gasteiger partial charge in [0, 0.05) is 20.1 Å². The van der Waals surface area contributed by atoms with Gasteiger partial charge < -0.3 is 10.4 Å². The van der Waals surface area contributed by atoms with Crippen molar-refractivity contribution in [3.05, 3.63) is 0 Å². The van der Waals surface area contributed by atoms with Crippen molar-refractivity contribution in [2.75, 3.05) is 26.7 Å². The molecule has 0 aromatic heterocycles. The Morgan fingerprint density at radius 2 is 2.12 bits per heavy atom. The Bertz CT molecular complexity index is 346. The number of aliphatic hydroxyl groups excluding tert-OH is 1. The first-order valence-corrected chi connectivity index (χ1v) is 7.84. The molecule has 1 aliphatic carbocycles. The molecule has 2 N–H and O–H groups in total. The van der Waals surface area contributed by atoms with Crippen LogP contribution in [0.1, 0.15) is 25.7 Å². The van der Waals surface area contributed by atoms with Gasteiger partial charge in [0.25, 0.3) is 0 Å². The predicted molar refractivity (Wildman–Crippen MR) is 66.2 cm³/mol. The first-order valence-electron chi connectivity index (χ1n) is 6.34. The smallest absolute Gasteiger partial charge is 0.217 e. The summed E-state index contributed by atoms with van der Waals surface area (Å²) < 4.78 is 26.0. The topological polar surface area (TPSA) is 69.6 Å². The van der Waals surface area contributed by atoms with Crippen molar-refractivity contribution >= 4 is 10.0 Å².